The molecule has 0 bridgehead atoms. The molecule has 0 amide bonds. The van der Waals surface area contributed by atoms with Crippen molar-refractivity contribution in [2.75, 3.05) is 20.6 Å². The molecule has 0 atom stereocenters. The fraction of sp³-hybridized carbons (Fsp3) is 0.400. The van der Waals surface area contributed by atoms with E-state index in [-0.39, 0.29) is 23.0 Å². The van der Waals surface area contributed by atoms with Gasteiger partial charge < -0.3 is 10.0 Å². The average Bonchev–Trinajstić information content (AvgIpc) is 2.16. The van der Waals surface area contributed by atoms with Crippen molar-refractivity contribution in [1.29, 1.82) is 0 Å². The smallest absolute Gasteiger partial charge is 0.337 e. The Bertz CT molecular complexity index is 370. The monoisotopic (exact) mass is 264 g/mol. The van der Waals surface area contributed by atoms with Gasteiger partial charge in [0.15, 0.2) is 0 Å². The number of pyridine rings is 1. The summed E-state index contributed by atoms with van der Waals surface area (Å²) in [6.07, 6.45) is 2.10. The third-order valence-corrected chi connectivity index (χ3v) is 2.26. The molecular weight excluding hydrogens is 251 g/mol. The molecular formula is C10H14Cl2N2O2. The first-order chi connectivity index (χ1) is 7.00. The van der Waals surface area contributed by atoms with Crippen molar-refractivity contribution in [2.24, 2.45) is 0 Å². The minimum atomic E-state index is -1.02. The maximum absolute atomic E-state index is 10.8. The van der Waals surface area contributed by atoms with Crippen LogP contribution >= 0.6 is 24.0 Å². The summed E-state index contributed by atoms with van der Waals surface area (Å²) in [6.45, 7) is 0.827. The average molecular weight is 265 g/mol. The standard InChI is InChI=1S/C10H13ClN2O2.ClH/c1-13(2)4-3-7-5-8(10(14)15)9(11)6-12-7;/h5-6H,3-4H2,1-2H3,(H,14,15);1H. The largest absolute Gasteiger partial charge is 0.478 e. The summed E-state index contributed by atoms with van der Waals surface area (Å²) in [5.74, 6) is -1.02. The van der Waals surface area contributed by atoms with Crippen LogP contribution in [0.5, 0.6) is 0 Å². The predicted molar refractivity (Wildman–Crippen MR) is 65.7 cm³/mol. The van der Waals surface area contributed by atoms with Gasteiger partial charge in [-0.25, -0.2) is 4.79 Å². The molecule has 0 unspecified atom stereocenters. The number of carboxylic acids is 1. The number of aromatic nitrogens is 1. The summed E-state index contributed by atoms with van der Waals surface area (Å²) in [6, 6.07) is 1.52. The summed E-state index contributed by atoms with van der Waals surface area (Å²) >= 11 is 5.70. The Morgan fingerprint density at radius 2 is 2.19 bits per heavy atom. The van der Waals surface area contributed by atoms with Crippen molar-refractivity contribution < 1.29 is 9.90 Å². The molecule has 1 aromatic heterocycles. The Kier molecular flexibility index (Phi) is 6.33. The Morgan fingerprint density at radius 3 is 2.69 bits per heavy atom. The van der Waals surface area contributed by atoms with Gasteiger partial charge in [-0.1, -0.05) is 11.6 Å². The zero-order valence-electron chi connectivity index (χ0n) is 9.11. The van der Waals surface area contributed by atoms with E-state index in [1.807, 2.05) is 19.0 Å². The maximum atomic E-state index is 10.8. The Morgan fingerprint density at radius 1 is 1.56 bits per heavy atom. The molecule has 0 radical (unpaired) electrons. The lowest BCUT2D eigenvalue weighted by molar-refractivity contribution is 0.0697. The first-order valence-electron chi connectivity index (χ1n) is 4.53. The lowest BCUT2D eigenvalue weighted by atomic mass is 10.2. The van der Waals surface area contributed by atoms with Crippen molar-refractivity contribution in [1.82, 2.24) is 9.88 Å². The topological polar surface area (TPSA) is 53.4 Å². The molecule has 1 heterocycles. The number of rotatable bonds is 4. The number of carbonyl (C=O) groups is 1. The molecule has 0 aliphatic rings. The van der Waals surface area contributed by atoms with E-state index in [0.717, 1.165) is 12.2 Å². The lowest BCUT2D eigenvalue weighted by Gasteiger charge is -2.09. The highest BCUT2D eigenvalue weighted by Gasteiger charge is 2.10. The number of halogens is 2. The maximum Gasteiger partial charge on any atom is 0.337 e. The minimum absolute atomic E-state index is 0. The molecule has 90 valence electrons. The number of likely N-dealkylation sites (N-methyl/N-ethyl adjacent to an activating group) is 1. The van der Waals surface area contributed by atoms with Crippen LogP contribution in [0.4, 0.5) is 0 Å². The predicted octanol–water partition coefficient (Wildman–Crippen LogP) is 1.96. The van der Waals surface area contributed by atoms with Gasteiger partial charge in [0.05, 0.1) is 10.6 Å². The number of aromatic carboxylic acids is 1. The van der Waals surface area contributed by atoms with E-state index in [1.165, 1.54) is 12.3 Å². The van der Waals surface area contributed by atoms with Crippen LogP contribution in [-0.2, 0) is 6.42 Å². The quantitative estimate of drug-likeness (QED) is 0.904. The molecule has 4 nitrogen and oxygen atoms in total. The van der Waals surface area contributed by atoms with Crippen LogP contribution in [0.1, 0.15) is 16.1 Å². The van der Waals surface area contributed by atoms with Crippen LogP contribution < -0.4 is 0 Å². The Balaban J connectivity index is 0.00000225. The molecule has 0 aromatic carbocycles. The van der Waals surface area contributed by atoms with E-state index >= 15 is 0 Å². The second-order valence-electron chi connectivity index (χ2n) is 3.51. The van der Waals surface area contributed by atoms with Crippen molar-refractivity contribution in [3.63, 3.8) is 0 Å². The second-order valence-corrected chi connectivity index (χ2v) is 3.92. The molecule has 1 rings (SSSR count). The molecule has 0 saturated heterocycles. The zero-order valence-corrected chi connectivity index (χ0v) is 10.7. The van der Waals surface area contributed by atoms with Gasteiger partial charge in [-0.2, -0.15) is 0 Å². The van der Waals surface area contributed by atoms with Crippen molar-refractivity contribution in [3.8, 4) is 0 Å². The van der Waals surface area contributed by atoms with Gasteiger partial charge in [-0.15, -0.1) is 12.4 Å². The Labute approximate surface area is 106 Å². The van der Waals surface area contributed by atoms with Gasteiger partial charge in [0.1, 0.15) is 0 Å². The van der Waals surface area contributed by atoms with E-state index in [0.29, 0.717) is 6.42 Å². The third-order valence-electron chi connectivity index (χ3n) is 1.96. The van der Waals surface area contributed by atoms with Crippen LogP contribution in [0.25, 0.3) is 0 Å². The van der Waals surface area contributed by atoms with E-state index in [9.17, 15) is 4.79 Å². The van der Waals surface area contributed by atoms with Crippen molar-refractivity contribution >= 4 is 30.0 Å². The summed E-state index contributed by atoms with van der Waals surface area (Å²) in [5.41, 5.74) is 0.853. The van der Waals surface area contributed by atoms with Gasteiger partial charge in [0.2, 0.25) is 0 Å². The number of hydrogen-bond donors (Lipinski definition) is 1. The molecule has 1 N–H and O–H groups in total. The van der Waals surface area contributed by atoms with E-state index in [2.05, 4.69) is 4.98 Å². The van der Waals surface area contributed by atoms with Gasteiger partial charge in [0.25, 0.3) is 0 Å². The van der Waals surface area contributed by atoms with Crippen LogP contribution in [0.15, 0.2) is 12.3 Å². The van der Waals surface area contributed by atoms with E-state index in [1.54, 1.807) is 0 Å². The highest BCUT2D eigenvalue weighted by molar-refractivity contribution is 6.33. The third kappa shape index (κ3) is 4.35. The van der Waals surface area contributed by atoms with Gasteiger partial charge in [0, 0.05) is 24.9 Å². The molecule has 1 aromatic rings. The van der Waals surface area contributed by atoms with Gasteiger partial charge in [-0.05, 0) is 20.2 Å². The zero-order chi connectivity index (χ0) is 11.4. The fourth-order valence-electron chi connectivity index (χ4n) is 1.12. The van der Waals surface area contributed by atoms with Crippen molar-refractivity contribution in [2.45, 2.75) is 6.42 Å². The number of nitrogens with zero attached hydrogens (tertiary/aromatic N) is 2. The highest BCUT2D eigenvalue weighted by Crippen LogP contribution is 2.15. The summed E-state index contributed by atoms with van der Waals surface area (Å²) < 4.78 is 0. The van der Waals surface area contributed by atoms with Crippen LogP contribution in [0.2, 0.25) is 5.02 Å². The molecule has 0 aliphatic carbocycles. The minimum Gasteiger partial charge on any atom is -0.478 e. The fourth-order valence-corrected chi connectivity index (χ4v) is 1.30. The normalized spacial score (nSPS) is 10.0. The Hall–Kier alpha value is -0.840. The highest BCUT2D eigenvalue weighted by atomic mass is 35.5. The molecule has 0 saturated carbocycles. The first kappa shape index (κ1) is 15.2. The summed E-state index contributed by atoms with van der Waals surface area (Å²) in [5, 5.41) is 9.02. The lowest BCUT2D eigenvalue weighted by Crippen LogP contribution is -2.16. The van der Waals surface area contributed by atoms with Gasteiger partial charge >= 0.3 is 5.97 Å². The second kappa shape index (κ2) is 6.68. The number of hydrogen-bond acceptors (Lipinski definition) is 3. The van der Waals surface area contributed by atoms with E-state index in [4.69, 9.17) is 16.7 Å². The summed E-state index contributed by atoms with van der Waals surface area (Å²) in [4.78, 5) is 16.9. The van der Waals surface area contributed by atoms with Crippen molar-refractivity contribution in [3.05, 3.63) is 28.5 Å². The molecule has 6 heteroatoms. The van der Waals surface area contributed by atoms with Crippen LogP contribution in [0.3, 0.4) is 0 Å². The van der Waals surface area contributed by atoms with Gasteiger partial charge in [-0.3, -0.25) is 4.98 Å². The van der Waals surface area contributed by atoms with Crippen LogP contribution in [0, 0.1) is 0 Å². The van der Waals surface area contributed by atoms with Crippen LogP contribution in [-0.4, -0.2) is 41.6 Å². The number of carboxylic acid groups (broad SMARTS) is 1. The van der Waals surface area contributed by atoms with E-state index < -0.39 is 5.97 Å². The first-order valence-corrected chi connectivity index (χ1v) is 4.91. The molecule has 0 spiro atoms. The summed E-state index contributed by atoms with van der Waals surface area (Å²) in [7, 11) is 3.90. The SMILES string of the molecule is CN(C)CCc1cc(C(=O)O)c(Cl)cn1.Cl. The molecule has 0 aliphatic heterocycles. The molecule has 16 heavy (non-hydrogen) atoms. The molecule has 0 fully saturated rings.